The molecule has 40 heavy (non-hydrogen) atoms. The molecule has 10 heteroatoms. The zero-order valence-electron chi connectivity index (χ0n) is 21.7. The molecule has 0 aliphatic heterocycles. The van der Waals surface area contributed by atoms with E-state index < -0.39 is 22.5 Å². The molecule has 0 atom stereocenters. The zero-order valence-corrected chi connectivity index (χ0v) is 22.5. The predicted molar refractivity (Wildman–Crippen MR) is 155 cm³/mol. The molecule has 0 radical (unpaired) electrons. The Balaban J connectivity index is 1.34. The number of aryl methyl sites for hydroxylation is 1. The highest BCUT2D eigenvalue weighted by Crippen LogP contribution is 2.24. The number of amides is 2. The molecule has 2 N–H and O–H groups in total. The first-order chi connectivity index (χ1) is 19.3. The van der Waals surface area contributed by atoms with Gasteiger partial charge in [-0.05, 0) is 78.7 Å². The van der Waals surface area contributed by atoms with Crippen LogP contribution in [0.5, 0.6) is 5.75 Å². The molecule has 0 saturated carbocycles. The lowest BCUT2D eigenvalue weighted by molar-refractivity contribution is -0.119. The van der Waals surface area contributed by atoms with E-state index >= 15 is 0 Å². The third kappa shape index (κ3) is 7.78. The minimum Gasteiger partial charge on any atom is -0.484 e. The molecule has 0 aliphatic carbocycles. The molecule has 9 nitrogen and oxygen atoms in total. The number of hydrazone groups is 1. The average molecular weight is 557 g/mol. The van der Waals surface area contributed by atoms with Crippen LogP contribution in [0, 0.1) is 6.92 Å². The van der Waals surface area contributed by atoms with E-state index in [2.05, 4.69) is 15.8 Å². The molecule has 2 amide bonds. The van der Waals surface area contributed by atoms with Gasteiger partial charge in [0, 0.05) is 5.69 Å². The van der Waals surface area contributed by atoms with E-state index in [0.29, 0.717) is 22.7 Å². The van der Waals surface area contributed by atoms with Gasteiger partial charge in [0.15, 0.2) is 6.61 Å². The van der Waals surface area contributed by atoms with Crippen molar-refractivity contribution in [1.29, 1.82) is 0 Å². The number of rotatable bonds is 11. The van der Waals surface area contributed by atoms with Gasteiger partial charge in [-0.3, -0.25) is 13.9 Å². The van der Waals surface area contributed by atoms with Crippen molar-refractivity contribution in [3.05, 3.63) is 120 Å². The molecule has 0 saturated heterocycles. The van der Waals surface area contributed by atoms with Gasteiger partial charge < -0.3 is 10.1 Å². The summed E-state index contributed by atoms with van der Waals surface area (Å²) in [5, 5.41) is 6.70. The van der Waals surface area contributed by atoms with Gasteiger partial charge in [0.2, 0.25) is 0 Å². The van der Waals surface area contributed by atoms with Gasteiger partial charge in [0.1, 0.15) is 12.3 Å². The maximum Gasteiger partial charge on any atom is 0.264 e. The number of hydrogen-bond donors (Lipinski definition) is 2. The summed E-state index contributed by atoms with van der Waals surface area (Å²) in [5.74, 6) is -0.403. The number of hydrogen-bond acceptors (Lipinski definition) is 6. The van der Waals surface area contributed by atoms with Crippen LogP contribution >= 0.6 is 0 Å². The molecule has 0 bridgehead atoms. The monoisotopic (exact) mass is 556 g/mol. The number of ether oxygens (including phenoxy) is 1. The number of benzene rings is 4. The van der Waals surface area contributed by atoms with Crippen LogP contribution < -0.4 is 19.8 Å². The molecule has 4 aromatic carbocycles. The van der Waals surface area contributed by atoms with Crippen LogP contribution in [-0.4, -0.2) is 39.6 Å². The Morgan fingerprint density at radius 3 is 2.20 bits per heavy atom. The minimum absolute atomic E-state index is 0.0765. The van der Waals surface area contributed by atoms with Gasteiger partial charge in [-0.15, -0.1) is 0 Å². The van der Waals surface area contributed by atoms with Gasteiger partial charge in [0.25, 0.3) is 21.8 Å². The van der Waals surface area contributed by atoms with Crippen molar-refractivity contribution in [3.8, 4) is 5.75 Å². The van der Waals surface area contributed by atoms with Crippen molar-refractivity contribution in [2.45, 2.75) is 11.8 Å². The van der Waals surface area contributed by atoms with Gasteiger partial charge in [0.05, 0.1) is 16.8 Å². The lowest BCUT2D eigenvalue weighted by Gasteiger charge is -2.24. The molecule has 0 aromatic heterocycles. The first-order valence-corrected chi connectivity index (χ1v) is 13.8. The number of anilines is 2. The third-order valence-corrected chi connectivity index (χ3v) is 7.41. The topological polar surface area (TPSA) is 117 Å². The summed E-state index contributed by atoms with van der Waals surface area (Å²) in [7, 11) is -4.00. The Morgan fingerprint density at radius 1 is 0.850 bits per heavy atom. The molecule has 0 aliphatic rings. The molecule has 0 heterocycles. The predicted octanol–water partition coefficient (Wildman–Crippen LogP) is 4.36. The SMILES string of the molecule is Cc1cccc(N(CC(=O)N/N=C\c2ccc(OCC(=O)Nc3ccccc3)cc2)S(=O)(=O)c2ccccc2)c1. The first-order valence-electron chi connectivity index (χ1n) is 12.4. The van der Waals surface area contributed by atoms with Crippen molar-refractivity contribution in [2.24, 2.45) is 5.10 Å². The van der Waals surface area contributed by atoms with Crippen molar-refractivity contribution < 1.29 is 22.7 Å². The van der Waals surface area contributed by atoms with Gasteiger partial charge >= 0.3 is 0 Å². The Morgan fingerprint density at radius 2 is 1.52 bits per heavy atom. The Bertz CT molecular complexity index is 1580. The highest BCUT2D eigenvalue weighted by molar-refractivity contribution is 7.92. The second-order valence-electron chi connectivity index (χ2n) is 8.73. The van der Waals surface area contributed by atoms with Crippen LogP contribution in [0.2, 0.25) is 0 Å². The lowest BCUT2D eigenvalue weighted by atomic mass is 10.2. The van der Waals surface area contributed by atoms with E-state index in [9.17, 15) is 18.0 Å². The average Bonchev–Trinajstić information content (AvgIpc) is 2.96. The minimum atomic E-state index is -4.00. The highest BCUT2D eigenvalue weighted by Gasteiger charge is 2.27. The fourth-order valence-electron chi connectivity index (χ4n) is 3.68. The van der Waals surface area contributed by atoms with Crippen LogP contribution in [0.3, 0.4) is 0 Å². The second-order valence-corrected chi connectivity index (χ2v) is 10.6. The van der Waals surface area contributed by atoms with E-state index in [1.165, 1.54) is 18.3 Å². The van der Waals surface area contributed by atoms with Crippen LogP contribution in [-0.2, 0) is 19.6 Å². The summed E-state index contributed by atoms with van der Waals surface area (Å²) >= 11 is 0. The standard InChI is InChI=1S/C30H28N4O5S/c1-23-9-8-12-26(19-23)34(40(37,38)28-13-6-3-7-14-28)21-29(35)33-31-20-24-15-17-27(18-16-24)39-22-30(36)32-25-10-4-2-5-11-25/h2-20H,21-22H2,1H3,(H,32,36)(H,33,35)/b31-20-. The Labute approximate surface area is 233 Å². The summed E-state index contributed by atoms with van der Waals surface area (Å²) in [6.45, 7) is 1.23. The fourth-order valence-corrected chi connectivity index (χ4v) is 5.11. The first kappa shape index (κ1) is 28.1. The van der Waals surface area contributed by atoms with Crippen molar-refractivity contribution in [1.82, 2.24) is 5.43 Å². The maximum atomic E-state index is 13.4. The molecule has 0 fully saturated rings. The van der Waals surface area contributed by atoms with Crippen LogP contribution in [0.15, 0.2) is 119 Å². The molecule has 0 unspecified atom stereocenters. The molecular weight excluding hydrogens is 528 g/mol. The maximum absolute atomic E-state index is 13.4. The van der Waals surface area contributed by atoms with E-state index in [0.717, 1.165) is 9.87 Å². The number of nitrogens with one attached hydrogen (secondary N) is 2. The van der Waals surface area contributed by atoms with Crippen molar-refractivity contribution >= 4 is 39.4 Å². The number of carbonyl (C=O) groups is 2. The van der Waals surface area contributed by atoms with Gasteiger partial charge in [-0.25, -0.2) is 13.8 Å². The number of sulfonamides is 1. The summed E-state index contributed by atoms with van der Waals surface area (Å²) in [5.41, 5.74) is 4.96. The van der Waals surface area contributed by atoms with E-state index in [1.54, 1.807) is 72.8 Å². The van der Waals surface area contributed by atoms with Crippen LogP contribution in [0.25, 0.3) is 0 Å². The Kier molecular flexibility index (Phi) is 9.27. The van der Waals surface area contributed by atoms with Gasteiger partial charge in [-0.1, -0.05) is 48.5 Å². The third-order valence-electron chi connectivity index (χ3n) is 5.62. The largest absolute Gasteiger partial charge is 0.484 e. The quantitative estimate of drug-likeness (QED) is 0.210. The number of carbonyl (C=O) groups excluding carboxylic acids is 2. The van der Waals surface area contributed by atoms with E-state index in [4.69, 9.17) is 4.74 Å². The molecule has 4 aromatic rings. The zero-order chi connectivity index (χ0) is 28.4. The number of nitrogens with zero attached hydrogens (tertiary/aromatic N) is 2. The summed E-state index contributed by atoms with van der Waals surface area (Å²) in [4.78, 5) is 24.8. The van der Waals surface area contributed by atoms with Crippen LogP contribution in [0.1, 0.15) is 11.1 Å². The molecule has 204 valence electrons. The van der Waals surface area contributed by atoms with Gasteiger partial charge in [-0.2, -0.15) is 5.10 Å². The molecule has 4 rings (SSSR count). The van der Waals surface area contributed by atoms with Crippen molar-refractivity contribution in [2.75, 3.05) is 22.8 Å². The Hall–Kier alpha value is -4.96. The lowest BCUT2D eigenvalue weighted by Crippen LogP contribution is -2.39. The molecular formula is C30H28N4O5S. The number of para-hydroxylation sites is 1. The second kappa shape index (κ2) is 13.2. The fraction of sp³-hybridized carbons (Fsp3) is 0.100. The van der Waals surface area contributed by atoms with E-state index in [-0.39, 0.29) is 17.4 Å². The summed E-state index contributed by atoms with van der Waals surface area (Å²) < 4.78 is 33.3. The summed E-state index contributed by atoms with van der Waals surface area (Å²) in [6.07, 6.45) is 1.42. The van der Waals surface area contributed by atoms with Crippen LogP contribution in [0.4, 0.5) is 11.4 Å². The smallest absolute Gasteiger partial charge is 0.264 e. The normalized spacial score (nSPS) is 11.1. The van der Waals surface area contributed by atoms with Crippen molar-refractivity contribution in [3.63, 3.8) is 0 Å². The summed E-state index contributed by atoms with van der Waals surface area (Å²) in [6, 6.07) is 30.7. The highest BCUT2D eigenvalue weighted by atomic mass is 32.2. The molecule has 0 spiro atoms. The van der Waals surface area contributed by atoms with E-state index in [1.807, 2.05) is 31.2 Å².